The highest BCUT2D eigenvalue weighted by Gasteiger charge is 2.09. The van der Waals surface area contributed by atoms with Crippen LogP contribution in [0.25, 0.3) is 0 Å². The summed E-state index contributed by atoms with van der Waals surface area (Å²) >= 11 is 13.0. The molecule has 0 aliphatic heterocycles. The number of halogens is 3. The van der Waals surface area contributed by atoms with Crippen LogP contribution in [0, 0.1) is 6.92 Å². The summed E-state index contributed by atoms with van der Waals surface area (Å²) in [7, 11) is 1.67. The SMILES string of the molecule is COc1c(Br)cc(Br)cc1CNc1ccc(Cl)cc1C. The van der Waals surface area contributed by atoms with Crippen LogP contribution in [-0.4, -0.2) is 7.11 Å². The molecule has 2 aromatic rings. The second kappa shape index (κ2) is 6.83. The average Bonchev–Trinajstić information content (AvgIpc) is 2.37. The van der Waals surface area contributed by atoms with Gasteiger partial charge in [-0.05, 0) is 58.7 Å². The summed E-state index contributed by atoms with van der Waals surface area (Å²) in [6.07, 6.45) is 0. The second-order valence-corrected chi connectivity index (χ2v) is 6.60. The summed E-state index contributed by atoms with van der Waals surface area (Å²) < 4.78 is 7.38. The smallest absolute Gasteiger partial charge is 0.138 e. The van der Waals surface area contributed by atoms with Gasteiger partial charge in [0.2, 0.25) is 0 Å². The zero-order valence-electron chi connectivity index (χ0n) is 11.1. The Bertz CT molecular complexity index is 632. The molecule has 20 heavy (non-hydrogen) atoms. The van der Waals surface area contributed by atoms with Gasteiger partial charge >= 0.3 is 0 Å². The average molecular weight is 420 g/mol. The Morgan fingerprint density at radius 2 is 1.95 bits per heavy atom. The zero-order valence-corrected chi connectivity index (χ0v) is 15.1. The summed E-state index contributed by atoms with van der Waals surface area (Å²) in [5, 5.41) is 4.15. The van der Waals surface area contributed by atoms with Crippen LogP contribution in [0.15, 0.2) is 39.3 Å². The molecule has 0 heterocycles. The van der Waals surface area contributed by atoms with E-state index in [-0.39, 0.29) is 0 Å². The Balaban J connectivity index is 2.22. The molecule has 5 heteroatoms. The number of aryl methyl sites for hydroxylation is 1. The van der Waals surface area contributed by atoms with Crippen molar-refractivity contribution in [2.45, 2.75) is 13.5 Å². The first-order valence-corrected chi connectivity index (χ1v) is 7.99. The lowest BCUT2D eigenvalue weighted by Crippen LogP contribution is -2.03. The molecule has 106 valence electrons. The van der Waals surface area contributed by atoms with Crippen molar-refractivity contribution in [1.29, 1.82) is 0 Å². The molecule has 2 nitrogen and oxygen atoms in total. The van der Waals surface area contributed by atoms with E-state index in [9.17, 15) is 0 Å². The summed E-state index contributed by atoms with van der Waals surface area (Å²) in [6.45, 7) is 2.70. The molecule has 0 atom stereocenters. The largest absolute Gasteiger partial charge is 0.495 e. The number of hydrogen-bond acceptors (Lipinski definition) is 2. The minimum absolute atomic E-state index is 0.670. The van der Waals surface area contributed by atoms with Crippen molar-refractivity contribution >= 4 is 49.1 Å². The summed E-state index contributed by atoms with van der Waals surface area (Å²) in [4.78, 5) is 0. The van der Waals surface area contributed by atoms with Gasteiger partial charge in [-0.15, -0.1) is 0 Å². The van der Waals surface area contributed by atoms with Gasteiger partial charge in [0.05, 0.1) is 11.6 Å². The predicted octanol–water partition coefficient (Wildman–Crippen LogP) is 5.79. The van der Waals surface area contributed by atoms with Gasteiger partial charge in [0.25, 0.3) is 0 Å². The monoisotopic (exact) mass is 417 g/mol. The van der Waals surface area contributed by atoms with E-state index in [1.54, 1.807) is 7.11 Å². The minimum Gasteiger partial charge on any atom is -0.495 e. The van der Waals surface area contributed by atoms with Crippen LogP contribution in [0.1, 0.15) is 11.1 Å². The number of ether oxygens (including phenoxy) is 1. The fraction of sp³-hybridized carbons (Fsp3) is 0.200. The summed E-state index contributed by atoms with van der Waals surface area (Å²) in [5.74, 6) is 0.840. The van der Waals surface area contributed by atoms with E-state index in [2.05, 4.69) is 37.2 Å². The van der Waals surface area contributed by atoms with Crippen molar-refractivity contribution in [2.75, 3.05) is 12.4 Å². The van der Waals surface area contributed by atoms with Crippen LogP contribution in [0.4, 0.5) is 5.69 Å². The first kappa shape index (κ1) is 15.7. The van der Waals surface area contributed by atoms with Gasteiger partial charge in [-0.1, -0.05) is 27.5 Å². The lowest BCUT2D eigenvalue weighted by atomic mass is 10.1. The Hall–Kier alpha value is -0.710. The number of nitrogens with one attached hydrogen (secondary N) is 1. The van der Waals surface area contributed by atoms with E-state index >= 15 is 0 Å². The lowest BCUT2D eigenvalue weighted by Gasteiger charge is -2.14. The molecule has 0 aromatic heterocycles. The number of methoxy groups -OCH3 is 1. The molecule has 0 fully saturated rings. The molecule has 0 spiro atoms. The quantitative estimate of drug-likeness (QED) is 0.677. The fourth-order valence-electron chi connectivity index (χ4n) is 1.99. The van der Waals surface area contributed by atoms with Crippen molar-refractivity contribution in [3.8, 4) is 5.75 Å². The third kappa shape index (κ3) is 3.68. The second-order valence-electron chi connectivity index (χ2n) is 4.39. The zero-order chi connectivity index (χ0) is 14.7. The molecule has 2 rings (SSSR count). The molecule has 0 radical (unpaired) electrons. The summed E-state index contributed by atoms with van der Waals surface area (Å²) in [6, 6.07) is 9.82. The van der Waals surface area contributed by atoms with Gasteiger partial charge in [0, 0.05) is 27.3 Å². The van der Waals surface area contributed by atoms with E-state index in [0.29, 0.717) is 6.54 Å². The molecule has 2 aromatic carbocycles. The lowest BCUT2D eigenvalue weighted by molar-refractivity contribution is 0.407. The maximum Gasteiger partial charge on any atom is 0.138 e. The summed E-state index contributed by atoms with van der Waals surface area (Å²) in [5.41, 5.74) is 3.25. The first-order chi connectivity index (χ1) is 9.51. The van der Waals surface area contributed by atoms with E-state index < -0.39 is 0 Å². The highest BCUT2D eigenvalue weighted by Crippen LogP contribution is 2.33. The van der Waals surface area contributed by atoms with Crippen molar-refractivity contribution in [3.05, 3.63) is 55.4 Å². The molecule has 0 bridgehead atoms. The molecule has 0 unspecified atom stereocenters. The molecule has 0 aliphatic carbocycles. The minimum atomic E-state index is 0.670. The van der Waals surface area contributed by atoms with E-state index in [4.69, 9.17) is 16.3 Å². The normalized spacial score (nSPS) is 10.4. The van der Waals surface area contributed by atoms with Gasteiger partial charge in [0.15, 0.2) is 0 Å². The van der Waals surface area contributed by atoms with Crippen molar-refractivity contribution in [1.82, 2.24) is 0 Å². The van der Waals surface area contributed by atoms with Crippen LogP contribution in [-0.2, 0) is 6.54 Å². The van der Waals surface area contributed by atoms with Crippen LogP contribution in [0.2, 0.25) is 5.02 Å². The maximum absolute atomic E-state index is 5.96. The van der Waals surface area contributed by atoms with Gasteiger partial charge < -0.3 is 10.1 Å². The molecular weight excluding hydrogens is 405 g/mol. The Morgan fingerprint density at radius 3 is 2.60 bits per heavy atom. The number of rotatable bonds is 4. The Labute approximate surface area is 140 Å². The van der Waals surface area contributed by atoms with Gasteiger partial charge in [-0.2, -0.15) is 0 Å². The van der Waals surface area contributed by atoms with Crippen LogP contribution in [0.3, 0.4) is 0 Å². The Kier molecular flexibility index (Phi) is 5.35. The maximum atomic E-state index is 5.96. The molecule has 0 amide bonds. The van der Waals surface area contributed by atoms with E-state index in [0.717, 1.165) is 36.5 Å². The number of hydrogen-bond donors (Lipinski definition) is 1. The highest BCUT2D eigenvalue weighted by molar-refractivity contribution is 9.11. The Morgan fingerprint density at radius 1 is 1.20 bits per heavy atom. The number of benzene rings is 2. The topological polar surface area (TPSA) is 21.3 Å². The highest BCUT2D eigenvalue weighted by atomic mass is 79.9. The molecule has 1 N–H and O–H groups in total. The third-order valence-corrected chi connectivity index (χ3v) is 4.23. The molecule has 0 saturated carbocycles. The van der Waals surface area contributed by atoms with Crippen LogP contribution in [0.5, 0.6) is 5.75 Å². The van der Waals surface area contributed by atoms with Crippen molar-refractivity contribution < 1.29 is 4.74 Å². The van der Waals surface area contributed by atoms with Crippen LogP contribution < -0.4 is 10.1 Å². The fourth-order valence-corrected chi connectivity index (χ4v) is 3.69. The van der Waals surface area contributed by atoms with Gasteiger partial charge in [0.1, 0.15) is 5.75 Å². The van der Waals surface area contributed by atoms with Crippen molar-refractivity contribution in [3.63, 3.8) is 0 Å². The molecular formula is C15H14Br2ClNO. The van der Waals surface area contributed by atoms with Crippen LogP contribution >= 0.6 is 43.5 Å². The van der Waals surface area contributed by atoms with Gasteiger partial charge in [-0.3, -0.25) is 0 Å². The van der Waals surface area contributed by atoms with E-state index in [1.807, 2.05) is 37.3 Å². The number of anilines is 1. The first-order valence-electron chi connectivity index (χ1n) is 6.03. The standard InChI is InChI=1S/C15H14Br2ClNO/c1-9-5-12(18)3-4-14(9)19-8-10-6-11(16)7-13(17)15(10)20-2/h3-7,19H,8H2,1-2H3. The van der Waals surface area contributed by atoms with Crippen molar-refractivity contribution in [2.24, 2.45) is 0 Å². The molecule has 0 saturated heterocycles. The van der Waals surface area contributed by atoms with E-state index in [1.165, 1.54) is 0 Å². The molecule has 0 aliphatic rings. The third-order valence-electron chi connectivity index (χ3n) is 2.95. The predicted molar refractivity (Wildman–Crippen MR) is 91.9 cm³/mol. The van der Waals surface area contributed by atoms with Gasteiger partial charge in [-0.25, -0.2) is 0 Å².